The molecule has 0 atom stereocenters. The van der Waals surface area contributed by atoms with E-state index >= 15 is 0 Å². The van der Waals surface area contributed by atoms with Gasteiger partial charge in [0.05, 0.1) is 5.56 Å². The molecule has 15 heavy (non-hydrogen) atoms. The van der Waals surface area contributed by atoms with Crippen molar-refractivity contribution in [1.29, 1.82) is 0 Å². The van der Waals surface area contributed by atoms with Crippen molar-refractivity contribution in [2.75, 3.05) is 5.73 Å². The molecule has 0 fully saturated rings. The molecule has 0 amide bonds. The molecule has 5 nitrogen and oxygen atoms in total. The molecular weight excluding hydrogens is 194 g/mol. The first-order valence-electron chi connectivity index (χ1n) is 4.31. The molecule has 1 aromatic heterocycles. The van der Waals surface area contributed by atoms with Crippen LogP contribution in [0.25, 0.3) is 11.1 Å². The van der Waals surface area contributed by atoms with Gasteiger partial charge in [-0.05, 0) is 6.07 Å². The van der Waals surface area contributed by atoms with Crippen LogP contribution in [-0.4, -0.2) is 15.1 Å². The van der Waals surface area contributed by atoms with E-state index in [0.29, 0.717) is 11.1 Å². The van der Waals surface area contributed by atoms with Crippen LogP contribution in [0.5, 0.6) is 5.75 Å². The molecule has 4 N–H and O–H groups in total. The molecule has 2 aromatic rings. The largest absolute Gasteiger partial charge is 0.507 e. The average Bonchev–Trinajstić information content (AvgIpc) is 2.20. The lowest BCUT2D eigenvalue weighted by Gasteiger charge is -2.02. The number of phenols is 1. The Morgan fingerprint density at radius 1 is 1.27 bits per heavy atom. The van der Waals surface area contributed by atoms with Gasteiger partial charge in [0.15, 0.2) is 5.95 Å². The van der Waals surface area contributed by atoms with Crippen LogP contribution in [0, 0.1) is 0 Å². The van der Waals surface area contributed by atoms with Gasteiger partial charge in [0.2, 0.25) is 0 Å². The first-order chi connectivity index (χ1) is 7.18. The molecule has 2 rings (SSSR count). The van der Waals surface area contributed by atoms with Crippen LogP contribution < -0.4 is 11.3 Å². The summed E-state index contributed by atoms with van der Waals surface area (Å²) in [5.74, 6) is 0.0914. The number of nitrogens with zero attached hydrogens (tertiary/aromatic N) is 1. The summed E-state index contributed by atoms with van der Waals surface area (Å²) in [6.45, 7) is 0. The van der Waals surface area contributed by atoms with E-state index in [1.807, 2.05) is 0 Å². The number of nitrogens with one attached hydrogen (secondary N) is 1. The summed E-state index contributed by atoms with van der Waals surface area (Å²) < 4.78 is 0. The molecule has 0 unspecified atom stereocenters. The van der Waals surface area contributed by atoms with Gasteiger partial charge in [0, 0.05) is 11.8 Å². The molecule has 0 saturated heterocycles. The Balaban J connectivity index is 2.65. The zero-order valence-electron chi connectivity index (χ0n) is 7.77. The molecule has 0 spiro atoms. The maximum absolute atomic E-state index is 11.5. The van der Waals surface area contributed by atoms with Gasteiger partial charge in [-0.1, -0.05) is 18.2 Å². The van der Waals surface area contributed by atoms with Crippen LogP contribution in [0.4, 0.5) is 5.95 Å². The third kappa shape index (κ3) is 1.67. The Bertz CT molecular complexity index is 548. The van der Waals surface area contributed by atoms with E-state index in [0.717, 1.165) is 0 Å². The topological polar surface area (TPSA) is 92.0 Å². The van der Waals surface area contributed by atoms with Crippen molar-refractivity contribution in [3.63, 3.8) is 0 Å². The molecule has 0 aliphatic heterocycles. The number of hydrogen-bond acceptors (Lipinski definition) is 4. The zero-order chi connectivity index (χ0) is 10.8. The minimum atomic E-state index is -0.371. The number of rotatable bonds is 1. The summed E-state index contributed by atoms with van der Waals surface area (Å²) in [4.78, 5) is 17.6. The number of anilines is 1. The van der Waals surface area contributed by atoms with E-state index in [2.05, 4.69) is 9.97 Å². The summed E-state index contributed by atoms with van der Waals surface area (Å²) in [5, 5.41) is 9.55. The van der Waals surface area contributed by atoms with Gasteiger partial charge in [-0.15, -0.1) is 0 Å². The van der Waals surface area contributed by atoms with E-state index in [9.17, 15) is 9.90 Å². The molecule has 5 heteroatoms. The highest BCUT2D eigenvalue weighted by atomic mass is 16.3. The van der Waals surface area contributed by atoms with E-state index in [4.69, 9.17) is 5.73 Å². The summed E-state index contributed by atoms with van der Waals surface area (Å²) in [6, 6.07) is 6.55. The number of benzene rings is 1. The first-order valence-corrected chi connectivity index (χ1v) is 4.31. The van der Waals surface area contributed by atoms with Gasteiger partial charge in [-0.3, -0.25) is 9.78 Å². The first kappa shape index (κ1) is 9.26. The predicted molar refractivity (Wildman–Crippen MR) is 56.4 cm³/mol. The number of para-hydroxylation sites is 1. The third-order valence-electron chi connectivity index (χ3n) is 2.01. The Kier molecular flexibility index (Phi) is 2.13. The summed E-state index contributed by atoms with van der Waals surface area (Å²) in [7, 11) is 0. The molecule has 1 aromatic carbocycles. The number of aromatic nitrogens is 2. The van der Waals surface area contributed by atoms with E-state index in [1.165, 1.54) is 12.3 Å². The van der Waals surface area contributed by atoms with Gasteiger partial charge in [-0.2, -0.15) is 0 Å². The minimum absolute atomic E-state index is 0.0366. The lowest BCUT2D eigenvalue weighted by atomic mass is 10.1. The van der Waals surface area contributed by atoms with Crippen LogP contribution in [0.3, 0.4) is 0 Å². The van der Waals surface area contributed by atoms with Crippen molar-refractivity contribution in [3.05, 3.63) is 40.8 Å². The fourth-order valence-electron chi connectivity index (χ4n) is 1.30. The molecule has 0 saturated carbocycles. The normalized spacial score (nSPS) is 10.1. The molecule has 0 aliphatic carbocycles. The molecular formula is C10H9N3O2. The number of nitrogens with two attached hydrogens (primary N) is 1. The third-order valence-corrected chi connectivity index (χ3v) is 2.01. The van der Waals surface area contributed by atoms with Crippen molar-refractivity contribution in [1.82, 2.24) is 9.97 Å². The highest BCUT2D eigenvalue weighted by Gasteiger charge is 2.07. The molecule has 0 aliphatic rings. The van der Waals surface area contributed by atoms with E-state index in [-0.39, 0.29) is 17.3 Å². The van der Waals surface area contributed by atoms with Gasteiger partial charge < -0.3 is 10.8 Å². The van der Waals surface area contributed by atoms with Crippen LogP contribution in [0.1, 0.15) is 0 Å². The Morgan fingerprint density at radius 2 is 2.00 bits per heavy atom. The smallest absolute Gasteiger partial charge is 0.260 e. The summed E-state index contributed by atoms with van der Waals surface area (Å²) in [5.41, 5.74) is 5.67. The Labute approximate surface area is 85.2 Å². The Hall–Kier alpha value is -2.30. The van der Waals surface area contributed by atoms with Crippen LogP contribution in [0.2, 0.25) is 0 Å². The molecule has 76 valence electrons. The van der Waals surface area contributed by atoms with Crippen molar-refractivity contribution in [2.24, 2.45) is 0 Å². The standard InChI is InChI=1S/C10H9N3O2/c11-10-12-5-7(9(15)13-10)6-3-1-2-4-8(6)14/h1-5,14H,(H3,11,12,13,15). The minimum Gasteiger partial charge on any atom is -0.507 e. The van der Waals surface area contributed by atoms with Crippen molar-refractivity contribution in [2.45, 2.75) is 0 Å². The second-order valence-corrected chi connectivity index (χ2v) is 3.03. The van der Waals surface area contributed by atoms with Crippen molar-refractivity contribution < 1.29 is 5.11 Å². The van der Waals surface area contributed by atoms with Crippen LogP contribution in [0.15, 0.2) is 35.3 Å². The van der Waals surface area contributed by atoms with Gasteiger partial charge in [-0.25, -0.2) is 4.98 Å². The maximum Gasteiger partial charge on any atom is 0.260 e. The number of nitrogen functional groups attached to an aromatic ring is 1. The lowest BCUT2D eigenvalue weighted by molar-refractivity contribution is 0.477. The van der Waals surface area contributed by atoms with Crippen molar-refractivity contribution >= 4 is 5.95 Å². The van der Waals surface area contributed by atoms with Crippen LogP contribution >= 0.6 is 0 Å². The van der Waals surface area contributed by atoms with Crippen LogP contribution in [-0.2, 0) is 0 Å². The second kappa shape index (κ2) is 3.45. The van der Waals surface area contributed by atoms with E-state index < -0.39 is 0 Å². The van der Waals surface area contributed by atoms with Gasteiger partial charge in [0.25, 0.3) is 5.56 Å². The molecule has 0 radical (unpaired) electrons. The monoisotopic (exact) mass is 203 g/mol. The number of aromatic amines is 1. The highest BCUT2D eigenvalue weighted by Crippen LogP contribution is 2.25. The molecule has 1 heterocycles. The number of phenolic OH excluding ortho intramolecular Hbond substituents is 1. The quantitative estimate of drug-likeness (QED) is 0.636. The summed E-state index contributed by atoms with van der Waals surface area (Å²) in [6.07, 6.45) is 1.34. The van der Waals surface area contributed by atoms with E-state index in [1.54, 1.807) is 18.2 Å². The van der Waals surface area contributed by atoms with Gasteiger partial charge in [0.1, 0.15) is 5.75 Å². The Morgan fingerprint density at radius 3 is 2.67 bits per heavy atom. The highest BCUT2D eigenvalue weighted by molar-refractivity contribution is 5.68. The fourth-order valence-corrected chi connectivity index (χ4v) is 1.30. The maximum atomic E-state index is 11.5. The predicted octanol–water partition coefficient (Wildman–Crippen LogP) is 0.725. The fraction of sp³-hybridized carbons (Fsp3) is 0. The number of H-pyrrole nitrogens is 1. The average molecular weight is 203 g/mol. The zero-order valence-corrected chi connectivity index (χ0v) is 7.77. The lowest BCUT2D eigenvalue weighted by Crippen LogP contribution is -2.12. The summed E-state index contributed by atoms with van der Waals surface area (Å²) >= 11 is 0. The SMILES string of the molecule is Nc1ncc(-c2ccccc2O)c(=O)[nH]1. The van der Waals surface area contributed by atoms with Gasteiger partial charge >= 0.3 is 0 Å². The number of aromatic hydroxyl groups is 1. The second-order valence-electron chi connectivity index (χ2n) is 3.03. The number of hydrogen-bond donors (Lipinski definition) is 3. The molecule has 0 bridgehead atoms. The van der Waals surface area contributed by atoms with Crippen molar-refractivity contribution in [3.8, 4) is 16.9 Å².